The van der Waals surface area contributed by atoms with Crippen molar-refractivity contribution in [3.63, 3.8) is 0 Å². The van der Waals surface area contributed by atoms with E-state index in [1.54, 1.807) is 19.2 Å². The van der Waals surface area contributed by atoms with Crippen molar-refractivity contribution in [2.75, 3.05) is 18.2 Å². The van der Waals surface area contributed by atoms with Crippen molar-refractivity contribution in [1.29, 1.82) is 0 Å². The highest BCUT2D eigenvalue weighted by atomic mass is 16.5. The highest BCUT2D eigenvalue weighted by Gasteiger charge is 2.17. The van der Waals surface area contributed by atoms with Crippen LogP contribution in [0.5, 0.6) is 5.75 Å². The Bertz CT molecular complexity index is 1130. The molecule has 0 aliphatic heterocycles. The molecule has 4 aromatic rings. The second kappa shape index (κ2) is 7.15. The van der Waals surface area contributed by atoms with Crippen LogP contribution < -0.4 is 15.8 Å². The first kappa shape index (κ1) is 17.7. The lowest BCUT2D eigenvalue weighted by atomic mass is 10.1. The Morgan fingerprint density at radius 3 is 2.61 bits per heavy atom. The van der Waals surface area contributed by atoms with Crippen molar-refractivity contribution < 1.29 is 13.9 Å². The van der Waals surface area contributed by atoms with Gasteiger partial charge in [-0.05, 0) is 43.3 Å². The molecule has 0 atom stereocenters. The molecule has 0 spiro atoms. The maximum atomic E-state index is 12.1. The quantitative estimate of drug-likeness (QED) is 0.527. The summed E-state index contributed by atoms with van der Waals surface area (Å²) < 4.78 is 12.6. The molecule has 6 nitrogen and oxygen atoms in total. The van der Waals surface area contributed by atoms with Crippen LogP contribution in [0.1, 0.15) is 17.5 Å². The van der Waals surface area contributed by atoms with Gasteiger partial charge in [0.25, 0.3) is 5.91 Å². The van der Waals surface area contributed by atoms with E-state index < -0.39 is 0 Å². The molecule has 2 aromatic carbocycles. The van der Waals surface area contributed by atoms with Crippen LogP contribution in [0.3, 0.4) is 0 Å². The van der Waals surface area contributed by atoms with Crippen LogP contribution in [0, 0.1) is 0 Å². The Labute approximate surface area is 162 Å². The molecule has 142 valence electrons. The number of anilines is 2. The molecule has 0 aliphatic carbocycles. The Balaban J connectivity index is 1.70. The van der Waals surface area contributed by atoms with Crippen molar-refractivity contribution in [1.82, 2.24) is 4.57 Å². The number of ether oxygens (including phenoxy) is 1. The number of rotatable bonds is 5. The van der Waals surface area contributed by atoms with Crippen molar-refractivity contribution in [2.24, 2.45) is 0 Å². The van der Waals surface area contributed by atoms with E-state index in [1.807, 2.05) is 42.5 Å². The van der Waals surface area contributed by atoms with Crippen molar-refractivity contribution in [3.8, 4) is 17.0 Å². The van der Waals surface area contributed by atoms with E-state index in [4.69, 9.17) is 14.9 Å². The largest absolute Gasteiger partial charge is 0.497 e. The third-order valence-corrected chi connectivity index (χ3v) is 4.79. The monoisotopic (exact) mass is 375 g/mol. The smallest absolute Gasteiger partial charge is 0.291 e. The first-order chi connectivity index (χ1) is 13.6. The van der Waals surface area contributed by atoms with Crippen LogP contribution in [-0.2, 0) is 6.54 Å². The zero-order chi connectivity index (χ0) is 19.7. The Morgan fingerprint density at radius 1 is 1.18 bits per heavy atom. The summed E-state index contributed by atoms with van der Waals surface area (Å²) in [5.41, 5.74) is 10.9. The van der Waals surface area contributed by atoms with E-state index in [2.05, 4.69) is 16.8 Å². The third kappa shape index (κ3) is 2.99. The summed E-state index contributed by atoms with van der Waals surface area (Å²) in [5.74, 6) is 0.780. The van der Waals surface area contributed by atoms with Gasteiger partial charge < -0.3 is 24.8 Å². The van der Waals surface area contributed by atoms with E-state index in [0.717, 1.165) is 40.1 Å². The fraction of sp³-hybridized carbons (Fsp3) is 0.136. The number of amides is 1. The lowest BCUT2D eigenvalue weighted by Crippen LogP contribution is -2.10. The van der Waals surface area contributed by atoms with Gasteiger partial charge in [-0.15, -0.1) is 0 Å². The van der Waals surface area contributed by atoms with Crippen LogP contribution >= 0.6 is 0 Å². The van der Waals surface area contributed by atoms with Gasteiger partial charge in [-0.3, -0.25) is 4.79 Å². The predicted octanol–water partition coefficient (Wildman–Crippen LogP) is 4.76. The average molecular weight is 375 g/mol. The van der Waals surface area contributed by atoms with Crippen LogP contribution in [0.15, 0.2) is 65.3 Å². The fourth-order valence-electron chi connectivity index (χ4n) is 3.43. The average Bonchev–Trinajstić information content (AvgIpc) is 3.35. The second-order valence-electron chi connectivity index (χ2n) is 6.40. The number of aryl methyl sites for hydroxylation is 1. The maximum Gasteiger partial charge on any atom is 0.291 e. The molecule has 0 bridgehead atoms. The molecule has 2 heterocycles. The summed E-state index contributed by atoms with van der Waals surface area (Å²) in [6.07, 6.45) is 1.47. The third-order valence-electron chi connectivity index (χ3n) is 4.79. The highest BCUT2D eigenvalue weighted by Crippen LogP contribution is 2.37. The van der Waals surface area contributed by atoms with E-state index in [-0.39, 0.29) is 11.7 Å². The predicted molar refractivity (Wildman–Crippen MR) is 111 cm³/mol. The molecule has 4 rings (SSSR count). The summed E-state index contributed by atoms with van der Waals surface area (Å²) >= 11 is 0. The topological polar surface area (TPSA) is 82.4 Å². The Kier molecular flexibility index (Phi) is 4.53. The number of aromatic nitrogens is 1. The molecule has 6 heteroatoms. The number of nitrogens with one attached hydrogen (secondary N) is 1. The van der Waals surface area contributed by atoms with Gasteiger partial charge in [0, 0.05) is 29.2 Å². The molecule has 0 saturated carbocycles. The van der Waals surface area contributed by atoms with E-state index in [9.17, 15) is 4.79 Å². The normalized spacial score (nSPS) is 10.9. The lowest BCUT2D eigenvalue weighted by Gasteiger charge is -2.10. The number of hydrogen-bond acceptors (Lipinski definition) is 4. The van der Waals surface area contributed by atoms with Gasteiger partial charge in [0.2, 0.25) is 0 Å². The molecule has 0 fully saturated rings. The van der Waals surface area contributed by atoms with Crippen LogP contribution in [0.25, 0.3) is 22.2 Å². The number of furan rings is 1. The lowest BCUT2D eigenvalue weighted by molar-refractivity contribution is 0.0996. The van der Waals surface area contributed by atoms with Crippen molar-refractivity contribution in [3.05, 3.63) is 66.6 Å². The van der Waals surface area contributed by atoms with Gasteiger partial charge in [-0.25, -0.2) is 0 Å². The van der Waals surface area contributed by atoms with Crippen LogP contribution in [0.4, 0.5) is 11.4 Å². The molecular formula is C22H21N3O3. The summed E-state index contributed by atoms with van der Waals surface area (Å²) in [5, 5.41) is 3.81. The van der Waals surface area contributed by atoms with E-state index >= 15 is 0 Å². The summed E-state index contributed by atoms with van der Waals surface area (Å²) in [7, 11) is 1.65. The number of nitrogens with zero attached hydrogens (tertiary/aromatic N) is 1. The zero-order valence-corrected chi connectivity index (χ0v) is 15.7. The van der Waals surface area contributed by atoms with Crippen LogP contribution in [0.2, 0.25) is 0 Å². The van der Waals surface area contributed by atoms with Crippen LogP contribution in [-0.4, -0.2) is 17.6 Å². The highest BCUT2D eigenvalue weighted by molar-refractivity contribution is 6.03. The molecule has 2 aromatic heterocycles. The molecule has 28 heavy (non-hydrogen) atoms. The summed E-state index contributed by atoms with van der Waals surface area (Å²) in [6.45, 7) is 2.85. The van der Waals surface area contributed by atoms with Gasteiger partial charge in [0.15, 0.2) is 5.76 Å². The van der Waals surface area contributed by atoms with Gasteiger partial charge >= 0.3 is 0 Å². The first-order valence-corrected chi connectivity index (χ1v) is 9.03. The molecule has 0 saturated heterocycles. The fourth-order valence-corrected chi connectivity index (χ4v) is 3.43. The van der Waals surface area contributed by atoms with Crippen molar-refractivity contribution in [2.45, 2.75) is 13.5 Å². The Hall–Kier alpha value is -3.67. The van der Waals surface area contributed by atoms with Crippen molar-refractivity contribution >= 4 is 28.2 Å². The van der Waals surface area contributed by atoms with Gasteiger partial charge in [-0.2, -0.15) is 0 Å². The number of nitrogen functional groups attached to an aromatic ring is 1. The number of hydrogen-bond donors (Lipinski definition) is 2. The molecule has 3 N–H and O–H groups in total. The summed E-state index contributed by atoms with van der Waals surface area (Å²) in [6, 6.07) is 16.8. The molecule has 0 aliphatic rings. The standard InChI is InChI=1S/C22H21N3O3/c1-3-25-18-13-16(27-2)10-11-17(18)20(23)21(25)14-6-8-15(9-7-14)24-22(26)19-5-4-12-28-19/h4-13H,3,23H2,1-2H3,(H,24,26). The summed E-state index contributed by atoms with van der Waals surface area (Å²) in [4.78, 5) is 12.1. The number of benzene rings is 2. The minimum absolute atomic E-state index is 0.272. The zero-order valence-electron chi connectivity index (χ0n) is 15.7. The first-order valence-electron chi connectivity index (χ1n) is 9.03. The van der Waals surface area contributed by atoms with Gasteiger partial charge in [0.1, 0.15) is 5.75 Å². The molecule has 1 amide bonds. The SMILES string of the molecule is CCn1c(-c2ccc(NC(=O)c3ccco3)cc2)c(N)c2ccc(OC)cc21. The maximum absolute atomic E-state index is 12.1. The molecule has 0 radical (unpaired) electrons. The van der Waals surface area contributed by atoms with Gasteiger partial charge in [-0.1, -0.05) is 12.1 Å². The minimum atomic E-state index is -0.285. The Morgan fingerprint density at radius 2 is 1.96 bits per heavy atom. The van der Waals surface area contributed by atoms with Gasteiger partial charge in [0.05, 0.1) is 30.3 Å². The molecular weight excluding hydrogens is 354 g/mol. The number of methoxy groups -OCH3 is 1. The minimum Gasteiger partial charge on any atom is -0.497 e. The second-order valence-corrected chi connectivity index (χ2v) is 6.40. The number of carbonyl (C=O) groups is 1. The number of carbonyl (C=O) groups excluding carboxylic acids is 1. The number of fused-ring (bicyclic) bond motifs is 1. The number of nitrogens with two attached hydrogens (primary N) is 1. The van der Waals surface area contributed by atoms with E-state index in [1.165, 1.54) is 6.26 Å². The van der Waals surface area contributed by atoms with E-state index in [0.29, 0.717) is 5.69 Å². The molecule has 0 unspecified atom stereocenters.